The van der Waals surface area contributed by atoms with E-state index in [4.69, 9.17) is 4.74 Å². The van der Waals surface area contributed by atoms with Crippen LogP contribution in [0.25, 0.3) is 0 Å². The number of carbonyl (C=O) groups is 1. The number of methoxy groups -OCH3 is 1. The van der Waals surface area contributed by atoms with Gasteiger partial charge in [0.1, 0.15) is 5.75 Å². The minimum absolute atomic E-state index is 0.0286. The van der Waals surface area contributed by atoms with Crippen LogP contribution in [-0.2, 0) is 6.54 Å². The monoisotopic (exact) mass is 314 g/mol. The Morgan fingerprint density at radius 1 is 1.22 bits per heavy atom. The highest BCUT2D eigenvalue weighted by Gasteiger charge is 2.25. The van der Waals surface area contributed by atoms with E-state index in [1.54, 1.807) is 7.11 Å². The van der Waals surface area contributed by atoms with Gasteiger partial charge in [0.05, 0.1) is 12.7 Å². The summed E-state index contributed by atoms with van der Waals surface area (Å²) in [7, 11) is 1.59. The molecule has 1 saturated heterocycles. The summed E-state index contributed by atoms with van der Waals surface area (Å²) in [6.45, 7) is 5.96. The highest BCUT2D eigenvalue weighted by molar-refractivity contribution is 5.97. The molecule has 0 aliphatic carbocycles. The van der Waals surface area contributed by atoms with E-state index in [0.717, 1.165) is 25.6 Å². The Bertz CT molecular complexity index is 675. The first-order valence-corrected chi connectivity index (χ1v) is 7.93. The molecule has 0 atom stereocenters. The van der Waals surface area contributed by atoms with Gasteiger partial charge in [-0.1, -0.05) is 12.1 Å². The lowest BCUT2D eigenvalue weighted by Gasteiger charge is -2.35. The fourth-order valence-corrected chi connectivity index (χ4v) is 2.93. The number of anilines is 1. The van der Waals surface area contributed by atoms with E-state index in [9.17, 15) is 4.79 Å². The Hall–Kier alpha value is -2.50. The Balaban J connectivity index is 1.68. The van der Waals surface area contributed by atoms with Gasteiger partial charge in [-0.2, -0.15) is 0 Å². The van der Waals surface area contributed by atoms with Crippen LogP contribution in [0, 0.1) is 0 Å². The van der Waals surface area contributed by atoms with Gasteiger partial charge in [0.15, 0.2) is 0 Å². The smallest absolute Gasteiger partial charge is 0.257 e. The van der Waals surface area contributed by atoms with Gasteiger partial charge in [-0.3, -0.25) is 4.79 Å². The molecule has 23 heavy (non-hydrogen) atoms. The zero-order valence-corrected chi connectivity index (χ0v) is 13.6. The molecule has 6 heteroatoms. The van der Waals surface area contributed by atoms with Crippen LogP contribution < -0.4 is 9.64 Å². The normalized spacial score (nSPS) is 14.9. The number of ether oxygens (including phenoxy) is 1. The third kappa shape index (κ3) is 3.02. The molecule has 1 aliphatic rings. The lowest BCUT2D eigenvalue weighted by atomic mass is 10.1. The second-order valence-electron chi connectivity index (χ2n) is 5.49. The minimum Gasteiger partial charge on any atom is -0.496 e. The van der Waals surface area contributed by atoms with Crippen LogP contribution in [0.4, 0.5) is 5.95 Å². The van der Waals surface area contributed by atoms with Gasteiger partial charge < -0.3 is 19.1 Å². The second-order valence-corrected chi connectivity index (χ2v) is 5.49. The first-order chi connectivity index (χ1) is 11.2. The van der Waals surface area contributed by atoms with Crippen molar-refractivity contribution in [2.45, 2.75) is 13.5 Å². The molecule has 1 aromatic heterocycles. The molecule has 0 bridgehead atoms. The molecule has 1 amide bonds. The summed E-state index contributed by atoms with van der Waals surface area (Å²) in [6, 6.07) is 7.38. The number of rotatable bonds is 4. The summed E-state index contributed by atoms with van der Waals surface area (Å²) >= 11 is 0. The molecular weight excluding hydrogens is 292 g/mol. The summed E-state index contributed by atoms with van der Waals surface area (Å²) in [4.78, 5) is 21.2. The maximum atomic E-state index is 12.7. The van der Waals surface area contributed by atoms with E-state index in [2.05, 4.69) is 21.4 Å². The van der Waals surface area contributed by atoms with Crippen LogP contribution in [-0.4, -0.2) is 53.6 Å². The molecule has 6 nitrogen and oxygen atoms in total. The average Bonchev–Trinajstić information content (AvgIpc) is 3.10. The lowest BCUT2D eigenvalue weighted by Crippen LogP contribution is -2.49. The molecule has 0 saturated carbocycles. The van der Waals surface area contributed by atoms with Crippen molar-refractivity contribution < 1.29 is 9.53 Å². The van der Waals surface area contributed by atoms with Gasteiger partial charge in [0.25, 0.3) is 5.91 Å². The summed E-state index contributed by atoms with van der Waals surface area (Å²) in [5, 5.41) is 0. The Morgan fingerprint density at radius 2 is 1.96 bits per heavy atom. The molecule has 1 aliphatic heterocycles. The first-order valence-electron chi connectivity index (χ1n) is 7.93. The predicted molar refractivity (Wildman–Crippen MR) is 89.0 cm³/mol. The van der Waals surface area contributed by atoms with E-state index >= 15 is 0 Å². The minimum atomic E-state index is 0.0286. The van der Waals surface area contributed by atoms with Crippen LogP contribution in [0.3, 0.4) is 0 Å². The molecular formula is C17H22N4O2. The molecule has 1 aromatic carbocycles. The summed E-state index contributed by atoms with van der Waals surface area (Å²) in [5.41, 5.74) is 0.624. The molecule has 2 heterocycles. The van der Waals surface area contributed by atoms with Crippen molar-refractivity contribution in [1.82, 2.24) is 14.5 Å². The number of hydrogen-bond donors (Lipinski definition) is 0. The summed E-state index contributed by atoms with van der Waals surface area (Å²) in [6.07, 6.45) is 3.81. The van der Waals surface area contributed by atoms with Crippen LogP contribution >= 0.6 is 0 Å². The Kier molecular flexibility index (Phi) is 4.50. The van der Waals surface area contributed by atoms with Crippen molar-refractivity contribution in [2.75, 3.05) is 38.2 Å². The molecule has 0 unspecified atom stereocenters. The largest absolute Gasteiger partial charge is 0.496 e. The van der Waals surface area contributed by atoms with E-state index in [-0.39, 0.29) is 5.91 Å². The first kappa shape index (κ1) is 15.4. The summed E-state index contributed by atoms with van der Waals surface area (Å²) < 4.78 is 7.42. The van der Waals surface area contributed by atoms with Crippen LogP contribution in [0.15, 0.2) is 36.7 Å². The van der Waals surface area contributed by atoms with Gasteiger partial charge in [-0.05, 0) is 19.1 Å². The SMILES string of the molecule is CCn1ccnc1N1CCN(C(=O)c2ccccc2OC)CC1. The second kappa shape index (κ2) is 6.73. The number of benzene rings is 1. The topological polar surface area (TPSA) is 50.6 Å². The zero-order chi connectivity index (χ0) is 16.2. The van der Waals surface area contributed by atoms with Crippen molar-refractivity contribution in [2.24, 2.45) is 0 Å². The van der Waals surface area contributed by atoms with E-state index in [0.29, 0.717) is 24.4 Å². The maximum absolute atomic E-state index is 12.7. The van der Waals surface area contributed by atoms with Crippen LogP contribution in [0.5, 0.6) is 5.75 Å². The molecule has 0 radical (unpaired) electrons. The van der Waals surface area contributed by atoms with Crippen molar-refractivity contribution >= 4 is 11.9 Å². The number of hydrogen-bond acceptors (Lipinski definition) is 4. The lowest BCUT2D eigenvalue weighted by molar-refractivity contribution is 0.0742. The number of piperazine rings is 1. The van der Waals surface area contributed by atoms with E-state index < -0.39 is 0 Å². The number of carbonyl (C=O) groups excluding carboxylic acids is 1. The van der Waals surface area contributed by atoms with Crippen LogP contribution in [0.1, 0.15) is 17.3 Å². The van der Waals surface area contributed by atoms with Gasteiger partial charge in [0.2, 0.25) is 5.95 Å². The van der Waals surface area contributed by atoms with Crippen LogP contribution in [0.2, 0.25) is 0 Å². The molecule has 122 valence electrons. The maximum Gasteiger partial charge on any atom is 0.257 e. The fourth-order valence-electron chi connectivity index (χ4n) is 2.93. The Labute approximate surface area is 136 Å². The molecule has 2 aromatic rings. The van der Waals surface area contributed by atoms with Crippen molar-refractivity contribution in [3.05, 3.63) is 42.2 Å². The summed E-state index contributed by atoms with van der Waals surface area (Å²) in [5.74, 6) is 1.64. The van der Waals surface area contributed by atoms with E-state index in [1.165, 1.54) is 0 Å². The number of amides is 1. The van der Waals surface area contributed by atoms with Gasteiger partial charge >= 0.3 is 0 Å². The van der Waals surface area contributed by atoms with E-state index in [1.807, 2.05) is 41.6 Å². The molecule has 0 spiro atoms. The highest BCUT2D eigenvalue weighted by atomic mass is 16.5. The predicted octanol–water partition coefficient (Wildman–Crippen LogP) is 1.87. The standard InChI is InChI=1S/C17H22N4O2/c1-3-19-9-8-18-17(19)21-12-10-20(11-13-21)16(22)14-6-4-5-7-15(14)23-2/h4-9H,3,10-13H2,1-2H3. The fraction of sp³-hybridized carbons (Fsp3) is 0.412. The zero-order valence-electron chi connectivity index (χ0n) is 13.6. The van der Waals surface area contributed by atoms with Gasteiger partial charge in [0, 0.05) is 45.1 Å². The van der Waals surface area contributed by atoms with Crippen molar-refractivity contribution in [1.29, 1.82) is 0 Å². The quantitative estimate of drug-likeness (QED) is 0.864. The molecule has 3 rings (SSSR count). The number of para-hydroxylation sites is 1. The number of aryl methyl sites for hydroxylation is 1. The van der Waals surface area contributed by atoms with Gasteiger partial charge in [-0.25, -0.2) is 4.98 Å². The van der Waals surface area contributed by atoms with Crippen molar-refractivity contribution in [3.63, 3.8) is 0 Å². The third-order valence-corrected chi connectivity index (χ3v) is 4.22. The number of nitrogens with zero attached hydrogens (tertiary/aromatic N) is 4. The number of aromatic nitrogens is 2. The number of imidazole rings is 1. The molecule has 1 fully saturated rings. The highest BCUT2D eigenvalue weighted by Crippen LogP contribution is 2.21. The van der Waals surface area contributed by atoms with Gasteiger partial charge in [-0.15, -0.1) is 0 Å². The van der Waals surface area contributed by atoms with Crippen molar-refractivity contribution in [3.8, 4) is 5.75 Å². The average molecular weight is 314 g/mol. The third-order valence-electron chi connectivity index (χ3n) is 4.22. The molecule has 0 N–H and O–H groups in total. The Morgan fingerprint density at radius 3 is 2.65 bits per heavy atom.